The van der Waals surface area contributed by atoms with Gasteiger partial charge in [-0.05, 0) is 94.0 Å². The summed E-state index contributed by atoms with van der Waals surface area (Å²) in [5.41, 5.74) is 4.04. The maximum absolute atomic E-state index is 6.75. The molecule has 3 rings (SSSR count). The van der Waals surface area contributed by atoms with E-state index >= 15 is 0 Å². The molecule has 0 fully saturated rings. The van der Waals surface area contributed by atoms with Gasteiger partial charge in [-0.1, -0.05) is 104 Å². The van der Waals surface area contributed by atoms with Crippen LogP contribution < -0.4 is 0 Å². The monoisotopic (exact) mass is 580 g/mol. The lowest BCUT2D eigenvalue weighted by molar-refractivity contribution is 0.536. The summed E-state index contributed by atoms with van der Waals surface area (Å²) in [5, 5.41) is 0. The van der Waals surface area contributed by atoms with E-state index in [-0.39, 0.29) is 0 Å². The molecular formula is C32H52O2Si4. The Labute approximate surface area is 239 Å². The van der Waals surface area contributed by atoms with E-state index in [1.54, 1.807) is 0 Å². The summed E-state index contributed by atoms with van der Waals surface area (Å²) < 4.78 is 12.3. The van der Waals surface area contributed by atoms with E-state index in [0.29, 0.717) is 0 Å². The van der Waals surface area contributed by atoms with Crippen LogP contribution in [0.5, 0.6) is 0 Å². The molecule has 2 nitrogen and oxygen atoms in total. The molecule has 0 bridgehead atoms. The highest BCUT2D eigenvalue weighted by Gasteiger charge is 2.32. The molecule has 3 aromatic rings. The molecule has 0 heterocycles. The predicted octanol–water partition coefficient (Wildman–Crippen LogP) is 9.20. The first-order chi connectivity index (χ1) is 17.9. The second kappa shape index (κ2) is 18.5. The van der Waals surface area contributed by atoms with E-state index in [1.807, 2.05) is 36.4 Å². The fourth-order valence-corrected chi connectivity index (χ4v) is 17.1. The zero-order valence-corrected chi connectivity index (χ0v) is 29.6. The molecule has 0 unspecified atom stereocenters. The normalized spacial score (nSPS) is 11.3. The molecule has 208 valence electrons. The van der Waals surface area contributed by atoms with Gasteiger partial charge in [0.1, 0.15) is 0 Å². The van der Waals surface area contributed by atoms with Crippen molar-refractivity contribution in [2.24, 2.45) is 0 Å². The first kappa shape index (κ1) is 34.2. The first-order valence-electron chi connectivity index (χ1n) is 14.0. The van der Waals surface area contributed by atoms with E-state index < -0.39 is 34.7 Å². The van der Waals surface area contributed by atoms with Gasteiger partial charge in [0.05, 0.1) is 0 Å². The predicted molar refractivity (Wildman–Crippen MR) is 181 cm³/mol. The molecular weight excluding hydrogens is 529 g/mol. The molecule has 0 radical (unpaired) electrons. The minimum atomic E-state index is -1.60. The zero-order chi connectivity index (χ0) is 28.4. The van der Waals surface area contributed by atoms with E-state index in [0.717, 1.165) is 12.8 Å². The molecule has 0 saturated heterocycles. The number of rotatable bonds is 11. The largest absolute Gasteiger partial charge is 0.461 e. The Morgan fingerprint density at radius 2 is 0.947 bits per heavy atom. The molecule has 0 saturated carbocycles. The highest BCUT2D eigenvalue weighted by atomic mass is 28.4. The fraction of sp³-hybridized carbons (Fsp3) is 0.375. The van der Waals surface area contributed by atoms with E-state index in [2.05, 4.69) is 120 Å². The lowest BCUT2D eigenvalue weighted by Crippen LogP contribution is -2.44. The van der Waals surface area contributed by atoms with Crippen LogP contribution in [0.4, 0.5) is 0 Å². The summed E-state index contributed by atoms with van der Waals surface area (Å²) in [5.74, 6) is 0. The summed E-state index contributed by atoms with van der Waals surface area (Å²) in [4.78, 5) is 0. The third kappa shape index (κ3) is 17.7. The topological polar surface area (TPSA) is 18.5 Å². The van der Waals surface area contributed by atoms with Gasteiger partial charge in [-0.15, -0.1) is 0 Å². The lowest BCUT2D eigenvalue weighted by Gasteiger charge is -2.34. The van der Waals surface area contributed by atoms with Crippen molar-refractivity contribution in [2.75, 3.05) is 0 Å². The average Bonchev–Trinajstić information content (AvgIpc) is 2.87. The molecule has 3 aromatic carbocycles. The number of aryl methyl sites for hydroxylation is 2. The summed E-state index contributed by atoms with van der Waals surface area (Å²) in [6, 6.07) is 34.0. The number of benzene rings is 3. The maximum Gasteiger partial charge on any atom is 0.173 e. The van der Waals surface area contributed by atoms with Crippen molar-refractivity contribution < 1.29 is 8.23 Å². The fourth-order valence-electron chi connectivity index (χ4n) is 4.16. The Bertz CT molecular complexity index is 932. The molecule has 0 aliphatic rings. The lowest BCUT2D eigenvalue weighted by atomic mass is 10.2. The molecule has 0 aliphatic carbocycles. The van der Waals surface area contributed by atoms with Crippen molar-refractivity contribution in [1.82, 2.24) is 0 Å². The first-order valence-corrected chi connectivity index (χ1v) is 25.8. The molecule has 0 aromatic heterocycles. The van der Waals surface area contributed by atoms with Crippen LogP contribution in [0.3, 0.4) is 0 Å². The maximum atomic E-state index is 6.75. The Hall–Kier alpha value is -1.81. The second-order valence-electron chi connectivity index (χ2n) is 11.4. The van der Waals surface area contributed by atoms with Gasteiger partial charge in [0.15, 0.2) is 34.7 Å². The third-order valence-corrected chi connectivity index (χ3v) is 17.5. The molecule has 6 heteroatoms. The van der Waals surface area contributed by atoms with Crippen LogP contribution >= 0.6 is 0 Å². The van der Waals surface area contributed by atoms with Gasteiger partial charge in [0.2, 0.25) is 0 Å². The Kier molecular flexibility index (Phi) is 16.6. The SMILES string of the molecule is C=Cc1ccccc1.C[SiH](C)O[SiH](C)C.C[Si](C)(CCc1ccccc1)O[Si](C)(C)CCc1ccccc1. The van der Waals surface area contributed by atoms with Crippen molar-refractivity contribution in [3.05, 3.63) is 114 Å². The van der Waals surface area contributed by atoms with Crippen LogP contribution in [-0.2, 0) is 21.1 Å². The highest BCUT2D eigenvalue weighted by molar-refractivity contribution is 6.84. The van der Waals surface area contributed by atoms with Crippen molar-refractivity contribution in [2.45, 2.75) is 77.3 Å². The van der Waals surface area contributed by atoms with E-state index in [1.165, 1.54) is 28.8 Å². The van der Waals surface area contributed by atoms with Gasteiger partial charge in [0.25, 0.3) is 0 Å². The van der Waals surface area contributed by atoms with Gasteiger partial charge in [-0.2, -0.15) is 0 Å². The van der Waals surface area contributed by atoms with Crippen LogP contribution in [0.25, 0.3) is 6.08 Å². The molecule has 0 amide bonds. The van der Waals surface area contributed by atoms with E-state index in [9.17, 15) is 0 Å². The van der Waals surface area contributed by atoms with Crippen molar-refractivity contribution >= 4 is 40.8 Å². The quantitative estimate of drug-likeness (QED) is 0.210. The van der Waals surface area contributed by atoms with Crippen LogP contribution in [0.1, 0.15) is 16.7 Å². The third-order valence-electron chi connectivity index (χ3n) is 5.85. The molecule has 0 N–H and O–H groups in total. The zero-order valence-electron chi connectivity index (χ0n) is 25.2. The van der Waals surface area contributed by atoms with Gasteiger partial charge in [-0.25, -0.2) is 0 Å². The van der Waals surface area contributed by atoms with Crippen molar-refractivity contribution in [3.8, 4) is 0 Å². The highest BCUT2D eigenvalue weighted by Crippen LogP contribution is 2.24. The summed E-state index contributed by atoms with van der Waals surface area (Å²) in [6.07, 6.45) is 4.12. The van der Waals surface area contributed by atoms with Crippen molar-refractivity contribution in [1.29, 1.82) is 0 Å². The second-order valence-corrected chi connectivity index (χ2v) is 25.6. The Morgan fingerprint density at radius 3 is 1.21 bits per heavy atom. The van der Waals surface area contributed by atoms with Crippen molar-refractivity contribution in [3.63, 3.8) is 0 Å². The number of hydrogen-bond acceptors (Lipinski definition) is 2. The number of hydrogen-bond donors (Lipinski definition) is 0. The smallest absolute Gasteiger partial charge is 0.173 e. The molecule has 38 heavy (non-hydrogen) atoms. The molecule has 0 atom stereocenters. The molecule has 0 aliphatic heterocycles. The molecule has 0 spiro atoms. The average molecular weight is 581 g/mol. The summed E-state index contributed by atoms with van der Waals surface area (Å²) in [7, 11) is -4.53. The van der Waals surface area contributed by atoms with Gasteiger partial charge >= 0.3 is 0 Å². The van der Waals surface area contributed by atoms with E-state index in [4.69, 9.17) is 8.23 Å². The van der Waals surface area contributed by atoms with Crippen LogP contribution in [0.15, 0.2) is 97.6 Å². The van der Waals surface area contributed by atoms with Gasteiger partial charge in [-0.3, -0.25) is 0 Å². The minimum absolute atomic E-state index is 0.667. The van der Waals surface area contributed by atoms with Crippen LogP contribution in [0.2, 0.25) is 64.5 Å². The minimum Gasteiger partial charge on any atom is -0.461 e. The van der Waals surface area contributed by atoms with Crippen LogP contribution in [-0.4, -0.2) is 34.7 Å². The Balaban J connectivity index is 0.000000391. The summed E-state index contributed by atoms with van der Waals surface area (Å²) in [6.45, 7) is 22.0. The standard InChI is InChI=1S/C20H30OSi2.C8H8.C4H14OSi2/c1-22(2,17-15-19-11-7-5-8-12-19)21-23(3,4)18-16-20-13-9-6-10-14-20;1-2-8-6-4-3-5-7-8;1-6(2)5-7(3)4/h5-14H,15-18H2,1-4H3;2-7H,1H2;6-7H,1-4H3. The van der Waals surface area contributed by atoms with Gasteiger partial charge in [0, 0.05) is 0 Å². The Morgan fingerprint density at radius 1 is 0.605 bits per heavy atom. The van der Waals surface area contributed by atoms with Crippen LogP contribution in [0, 0.1) is 0 Å². The summed E-state index contributed by atoms with van der Waals surface area (Å²) >= 11 is 0. The van der Waals surface area contributed by atoms with Gasteiger partial charge < -0.3 is 8.23 Å².